The number of hydrogen-bond donors (Lipinski definition) is 0. The lowest BCUT2D eigenvalue weighted by Crippen LogP contribution is -2.52. The van der Waals surface area contributed by atoms with Gasteiger partial charge < -0.3 is 14.7 Å². The number of rotatable bonds is 3. The highest BCUT2D eigenvalue weighted by molar-refractivity contribution is 5.94. The second-order valence-electron chi connectivity index (χ2n) is 6.82. The van der Waals surface area contributed by atoms with E-state index < -0.39 is 0 Å². The van der Waals surface area contributed by atoms with Crippen molar-refractivity contribution in [1.82, 2.24) is 14.7 Å². The van der Waals surface area contributed by atoms with E-state index in [2.05, 4.69) is 0 Å². The number of benzene rings is 1. The molecule has 0 spiro atoms. The van der Waals surface area contributed by atoms with Crippen LogP contribution < -0.4 is 0 Å². The molecule has 1 aromatic carbocycles. The molecule has 1 atom stereocenters. The van der Waals surface area contributed by atoms with Crippen LogP contribution in [-0.2, 0) is 9.59 Å². The minimum atomic E-state index is -0.230. The van der Waals surface area contributed by atoms with Crippen LogP contribution in [0.5, 0.6) is 0 Å². The van der Waals surface area contributed by atoms with Crippen LogP contribution in [0.15, 0.2) is 24.3 Å². The Hall–Kier alpha value is -2.37. The summed E-state index contributed by atoms with van der Waals surface area (Å²) < 4.78 is 0. The fourth-order valence-corrected chi connectivity index (χ4v) is 3.51. The molecule has 2 saturated heterocycles. The normalized spacial score (nSPS) is 21.0. The molecular weight excluding hydrogens is 318 g/mol. The maximum atomic E-state index is 12.6. The molecule has 0 saturated carbocycles. The average Bonchev–Trinajstić information content (AvgIpc) is 3.02. The number of carbonyl (C=O) groups excluding carboxylic acids is 3. The molecule has 0 aromatic heterocycles. The van der Waals surface area contributed by atoms with Crippen molar-refractivity contribution in [2.24, 2.45) is 5.92 Å². The van der Waals surface area contributed by atoms with Gasteiger partial charge in [0.15, 0.2) is 0 Å². The Balaban J connectivity index is 1.55. The molecule has 3 rings (SSSR count). The van der Waals surface area contributed by atoms with Crippen LogP contribution in [0, 0.1) is 12.8 Å². The lowest BCUT2D eigenvalue weighted by Gasteiger charge is -2.36. The summed E-state index contributed by atoms with van der Waals surface area (Å²) in [6, 6.07) is 7.56. The van der Waals surface area contributed by atoms with Crippen molar-refractivity contribution in [2.75, 3.05) is 39.3 Å². The largest absolute Gasteiger partial charge is 0.342 e. The first-order chi connectivity index (χ1) is 12.0. The quantitative estimate of drug-likeness (QED) is 0.827. The molecule has 2 aliphatic heterocycles. The van der Waals surface area contributed by atoms with E-state index in [1.54, 1.807) is 14.7 Å². The average molecular weight is 343 g/mol. The van der Waals surface area contributed by atoms with Crippen molar-refractivity contribution in [3.63, 3.8) is 0 Å². The topological polar surface area (TPSA) is 60.9 Å². The highest BCUT2D eigenvalue weighted by Gasteiger charge is 2.36. The van der Waals surface area contributed by atoms with E-state index in [-0.39, 0.29) is 23.6 Å². The molecule has 2 heterocycles. The summed E-state index contributed by atoms with van der Waals surface area (Å²) in [6.07, 6.45) is 0.315. The molecule has 6 nitrogen and oxygen atoms in total. The number of piperazine rings is 1. The van der Waals surface area contributed by atoms with Gasteiger partial charge in [0.1, 0.15) is 0 Å². The molecule has 0 radical (unpaired) electrons. The van der Waals surface area contributed by atoms with E-state index >= 15 is 0 Å². The van der Waals surface area contributed by atoms with Crippen LogP contribution in [0.1, 0.15) is 29.3 Å². The molecule has 2 fully saturated rings. The Morgan fingerprint density at radius 1 is 1.04 bits per heavy atom. The van der Waals surface area contributed by atoms with Gasteiger partial charge in [-0.15, -0.1) is 0 Å². The van der Waals surface area contributed by atoms with Crippen molar-refractivity contribution in [2.45, 2.75) is 20.3 Å². The highest BCUT2D eigenvalue weighted by atomic mass is 16.2. The van der Waals surface area contributed by atoms with Gasteiger partial charge in [0.2, 0.25) is 11.8 Å². The standard InChI is InChI=1S/C19H25N3O3/c1-3-20-13-16(12-17(20)23)19(25)22-10-8-21(9-11-22)18(24)15-6-4-14(2)5-7-15/h4-7,16H,3,8-13H2,1-2H3/t16-/m1/s1. The van der Waals surface area contributed by atoms with Crippen LogP contribution in [0.4, 0.5) is 0 Å². The molecule has 0 aliphatic carbocycles. The third-order valence-corrected chi connectivity index (χ3v) is 5.12. The fraction of sp³-hybridized carbons (Fsp3) is 0.526. The monoisotopic (exact) mass is 343 g/mol. The van der Waals surface area contributed by atoms with E-state index in [0.29, 0.717) is 51.3 Å². The molecule has 6 heteroatoms. The van der Waals surface area contributed by atoms with Crippen LogP contribution in [-0.4, -0.2) is 71.7 Å². The van der Waals surface area contributed by atoms with E-state index in [0.717, 1.165) is 5.56 Å². The number of nitrogens with zero attached hydrogens (tertiary/aromatic N) is 3. The van der Waals surface area contributed by atoms with Crippen molar-refractivity contribution in [3.8, 4) is 0 Å². The lowest BCUT2D eigenvalue weighted by atomic mass is 10.1. The van der Waals surface area contributed by atoms with Gasteiger partial charge in [0.25, 0.3) is 5.91 Å². The Morgan fingerprint density at radius 3 is 2.20 bits per heavy atom. The number of hydrogen-bond acceptors (Lipinski definition) is 3. The van der Waals surface area contributed by atoms with Crippen LogP contribution in [0.2, 0.25) is 0 Å². The molecule has 1 aromatic rings. The maximum Gasteiger partial charge on any atom is 0.253 e. The number of carbonyl (C=O) groups is 3. The lowest BCUT2D eigenvalue weighted by molar-refractivity contribution is -0.137. The number of likely N-dealkylation sites (tertiary alicyclic amines) is 1. The highest BCUT2D eigenvalue weighted by Crippen LogP contribution is 2.21. The molecule has 0 unspecified atom stereocenters. The van der Waals surface area contributed by atoms with Gasteiger partial charge in [-0.3, -0.25) is 14.4 Å². The molecular formula is C19H25N3O3. The Morgan fingerprint density at radius 2 is 1.64 bits per heavy atom. The van der Waals surface area contributed by atoms with Crippen molar-refractivity contribution < 1.29 is 14.4 Å². The third kappa shape index (κ3) is 3.67. The van der Waals surface area contributed by atoms with Gasteiger partial charge in [-0.1, -0.05) is 17.7 Å². The van der Waals surface area contributed by atoms with Gasteiger partial charge in [-0.25, -0.2) is 0 Å². The number of amides is 3. The SMILES string of the molecule is CCN1C[C@H](C(=O)N2CCN(C(=O)c3ccc(C)cc3)CC2)CC1=O. The van der Waals surface area contributed by atoms with E-state index in [9.17, 15) is 14.4 Å². The summed E-state index contributed by atoms with van der Waals surface area (Å²) in [5, 5.41) is 0. The first-order valence-electron chi connectivity index (χ1n) is 8.92. The van der Waals surface area contributed by atoms with Crippen molar-refractivity contribution >= 4 is 17.7 Å². The second kappa shape index (κ2) is 7.25. The van der Waals surface area contributed by atoms with Gasteiger partial charge in [-0.05, 0) is 26.0 Å². The second-order valence-corrected chi connectivity index (χ2v) is 6.82. The maximum absolute atomic E-state index is 12.6. The summed E-state index contributed by atoms with van der Waals surface area (Å²) in [5.41, 5.74) is 1.81. The van der Waals surface area contributed by atoms with Gasteiger partial charge in [0, 0.05) is 51.3 Å². The predicted octanol–water partition coefficient (Wildman–Crippen LogP) is 1.15. The zero-order chi connectivity index (χ0) is 18.0. The Labute approximate surface area is 148 Å². The van der Waals surface area contributed by atoms with E-state index in [1.807, 2.05) is 38.1 Å². The third-order valence-electron chi connectivity index (χ3n) is 5.12. The van der Waals surface area contributed by atoms with Gasteiger partial charge in [0.05, 0.1) is 5.92 Å². The Bertz CT molecular complexity index is 663. The predicted molar refractivity (Wildman–Crippen MR) is 94.0 cm³/mol. The van der Waals surface area contributed by atoms with E-state index in [4.69, 9.17) is 0 Å². The minimum absolute atomic E-state index is 0.0142. The minimum Gasteiger partial charge on any atom is -0.342 e. The van der Waals surface area contributed by atoms with Gasteiger partial charge >= 0.3 is 0 Å². The summed E-state index contributed by atoms with van der Waals surface area (Å²) in [4.78, 5) is 42.3. The summed E-state index contributed by atoms with van der Waals surface area (Å²) in [6.45, 7) is 7.25. The molecule has 0 bridgehead atoms. The molecule has 3 amide bonds. The molecule has 0 N–H and O–H groups in total. The molecule has 134 valence electrons. The van der Waals surface area contributed by atoms with Crippen LogP contribution >= 0.6 is 0 Å². The number of aryl methyl sites for hydroxylation is 1. The van der Waals surface area contributed by atoms with Crippen LogP contribution in [0.3, 0.4) is 0 Å². The smallest absolute Gasteiger partial charge is 0.253 e. The molecule has 25 heavy (non-hydrogen) atoms. The zero-order valence-electron chi connectivity index (χ0n) is 14.9. The van der Waals surface area contributed by atoms with Crippen LogP contribution in [0.25, 0.3) is 0 Å². The zero-order valence-corrected chi connectivity index (χ0v) is 14.9. The van der Waals surface area contributed by atoms with E-state index in [1.165, 1.54) is 0 Å². The summed E-state index contributed by atoms with van der Waals surface area (Å²) >= 11 is 0. The molecule has 2 aliphatic rings. The first-order valence-corrected chi connectivity index (χ1v) is 8.92. The first kappa shape index (κ1) is 17.5. The summed E-state index contributed by atoms with van der Waals surface area (Å²) in [7, 11) is 0. The van der Waals surface area contributed by atoms with Crippen molar-refractivity contribution in [3.05, 3.63) is 35.4 Å². The summed E-state index contributed by atoms with van der Waals surface area (Å²) in [5.74, 6) is -0.104. The van der Waals surface area contributed by atoms with Crippen molar-refractivity contribution in [1.29, 1.82) is 0 Å². The van der Waals surface area contributed by atoms with Gasteiger partial charge in [-0.2, -0.15) is 0 Å². The Kier molecular flexibility index (Phi) is 5.06. The fourth-order valence-electron chi connectivity index (χ4n) is 3.51.